The Morgan fingerprint density at radius 3 is 1.00 bits per heavy atom. The Hall–Kier alpha value is 0.551. The van der Waals surface area contributed by atoms with Gasteiger partial charge in [-0.1, -0.05) is 213 Å². The zero-order valence-electron chi connectivity index (χ0n) is 45.7. The van der Waals surface area contributed by atoms with Crippen LogP contribution in [-0.4, -0.2) is 84.5 Å². The summed E-state index contributed by atoms with van der Waals surface area (Å²) in [5, 5.41) is 9.62. The normalized spacial score (nSPS) is 10.1. The van der Waals surface area contributed by atoms with Gasteiger partial charge in [0.15, 0.2) is 0 Å². The van der Waals surface area contributed by atoms with Crippen molar-refractivity contribution < 1.29 is 168 Å². The molecule has 0 saturated carbocycles. The van der Waals surface area contributed by atoms with Crippen LogP contribution in [0.3, 0.4) is 0 Å². The van der Waals surface area contributed by atoms with Gasteiger partial charge in [0.05, 0.1) is 29.9 Å². The van der Waals surface area contributed by atoms with E-state index < -0.39 is 5.97 Å². The van der Waals surface area contributed by atoms with Crippen LogP contribution < -0.4 is 0 Å². The molecule has 0 aliphatic carbocycles. The van der Waals surface area contributed by atoms with Gasteiger partial charge >= 0.3 is 23.9 Å². The van der Waals surface area contributed by atoms with E-state index in [4.69, 9.17) is 19.3 Å². The van der Waals surface area contributed by atoms with Crippen molar-refractivity contribution in [2.45, 2.75) is 180 Å². The summed E-state index contributed by atoms with van der Waals surface area (Å²) in [7, 11) is 3.94. The fourth-order valence-electron chi connectivity index (χ4n) is 7.09. The van der Waals surface area contributed by atoms with Crippen molar-refractivity contribution in [2.75, 3.05) is 45.8 Å². The van der Waals surface area contributed by atoms with Crippen LogP contribution in [0.25, 0.3) is 0 Å². The maximum atomic E-state index is 11.9. The number of alkyl halides is 2. The number of rotatable bonds is 35. The summed E-state index contributed by atoms with van der Waals surface area (Å²) in [5.74, 6) is -1.42. The Morgan fingerprint density at radius 1 is 0.427 bits per heavy atom. The number of unbranched alkanes of at least 4 members (excludes halogenated alkanes) is 21. The SMILES string of the molecule is Cc1ccc(C(=O)O)cc1.Cc1ccc(C(=O)OCCCCCCCCCCCCBr)cc1.Cc1ccc(C(=O)OCCCCCCCCCCCCCCCC(Br)C(=O)OCCN(C)C)cc1.[V].[V].[V].[V].[V].[V].[V]. The number of carboxylic acid groups (broad SMARTS) is 1. The van der Waals surface area contributed by atoms with Crippen LogP contribution in [-0.2, 0) is 149 Å². The number of carbonyl (C=O) groups is 4. The molecule has 75 heavy (non-hydrogen) atoms. The van der Waals surface area contributed by atoms with E-state index in [1.165, 1.54) is 116 Å². The molecule has 1 unspecified atom stereocenters. The molecule has 0 heterocycles. The molecule has 3 aromatic rings. The van der Waals surface area contributed by atoms with Gasteiger partial charge in [-0.05, 0) is 96.9 Å². The minimum absolute atomic E-state index is 0. The fourth-order valence-corrected chi connectivity index (χ4v) is 7.94. The zero-order chi connectivity index (χ0) is 50.0. The van der Waals surface area contributed by atoms with Gasteiger partial charge in [-0.15, -0.1) is 0 Å². The van der Waals surface area contributed by atoms with Gasteiger partial charge in [0.25, 0.3) is 0 Å². The van der Waals surface area contributed by atoms with Crippen molar-refractivity contribution in [2.24, 2.45) is 0 Å². The number of halogens is 2. The third-order valence-corrected chi connectivity index (χ3v) is 12.9. The molecule has 0 amide bonds. The Morgan fingerprint density at radius 2 is 0.707 bits per heavy atom. The average Bonchev–Trinajstić information content (AvgIpc) is 3.32. The number of carboxylic acids is 1. The van der Waals surface area contributed by atoms with E-state index in [2.05, 4.69) is 31.9 Å². The van der Waals surface area contributed by atoms with Crippen LogP contribution in [0.4, 0.5) is 0 Å². The number of aromatic carboxylic acids is 1. The standard InChI is InChI=1S/C29H48BrNO4.C20H31BrO2.C8H8O2.7V/c1-25-18-20-26(21-19-25)28(32)34-23-16-14-12-10-8-6-4-5-7-9-11-13-15-17-27(30)29(33)35-24-22-31(2)3;1-18-12-14-19(15-13-18)20(22)23-17-11-9-7-5-3-2-4-6-8-10-16-21;1-6-2-4-7(5-3-6)8(9)10;;;;;;;/h18-21,27H,4-17,22-24H2,1-3H3;12-15H,2-11,16-17H2,1H3;2-5H,1H3,(H,9,10);;;;;;;. The number of likely N-dealkylation sites (N-methyl/N-ethyl adjacent to an activating group) is 1. The Balaban J connectivity index is -0.000000200. The van der Waals surface area contributed by atoms with Gasteiger partial charge in [0, 0.05) is 142 Å². The molecule has 0 saturated heterocycles. The van der Waals surface area contributed by atoms with Gasteiger partial charge in [0.1, 0.15) is 11.4 Å². The third-order valence-electron chi connectivity index (χ3n) is 11.5. The van der Waals surface area contributed by atoms with Gasteiger partial charge in [0.2, 0.25) is 0 Å². The summed E-state index contributed by atoms with van der Waals surface area (Å²) >= 11 is 6.93. The minimum atomic E-state index is -0.875. The summed E-state index contributed by atoms with van der Waals surface area (Å²) in [6.07, 6.45) is 29.7. The summed E-state index contributed by atoms with van der Waals surface area (Å²) in [5.41, 5.74) is 5.00. The largest absolute Gasteiger partial charge is 0.478 e. The second kappa shape index (κ2) is 62.2. The number of esters is 3. The van der Waals surface area contributed by atoms with E-state index in [-0.39, 0.29) is 153 Å². The first-order chi connectivity index (χ1) is 32.8. The number of ether oxygens (including phenoxy) is 3. The summed E-state index contributed by atoms with van der Waals surface area (Å²) < 4.78 is 15.9. The molecule has 18 heteroatoms. The fraction of sp³-hybridized carbons (Fsp3) is 0.614. The predicted molar refractivity (Wildman–Crippen MR) is 288 cm³/mol. The Labute approximate surface area is 554 Å². The Bertz CT molecular complexity index is 1750. The van der Waals surface area contributed by atoms with Gasteiger partial charge in [-0.2, -0.15) is 0 Å². The number of hydrogen-bond acceptors (Lipinski definition) is 8. The molecular weight excluding hydrogens is 1340 g/mol. The van der Waals surface area contributed by atoms with Crippen molar-refractivity contribution in [1.29, 1.82) is 0 Å². The van der Waals surface area contributed by atoms with Crippen LogP contribution in [0.2, 0.25) is 0 Å². The monoisotopic (exact) mass is 1430 g/mol. The maximum absolute atomic E-state index is 11.9. The molecule has 0 bridgehead atoms. The predicted octanol–water partition coefficient (Wildman–Crippen LogP) is 15.6. The van der Waals surface area contributed by atoms with E-state index in [9.17, 15) is 19.2 Å². The smallest absolute Gasteiger partial charge is 0.338 e. The topological polar surface area (TPSA) is 119 Å². The zero-order valence-corrected chi connectivity index (χ0v) is 58.6. The second-order valence-corrected chi connectivity index (χ2v) is 20.1. The van der Waals surface area contributed by atoms with E-state index in [0.717, 1.165) is 67.1 Å². The first kappa shape index (κ1) is 89.4. The van der Waals surface area contributed by atoms with Gasteiger partial charge < -0.3 is 24.2 Å². The quantitative estimate of drug-likeness (QED) is 0.0266. The van der Waals surface area contributed by atoms with Gasteiger partial charge in [-0.3, -0.25) is 4.79 Å². The molecule has 1 N–H and O–H groups in total. The van der Waals surface area contributed by atoms with Crippen LogP contribution in [0.1, 0.15) is 202 Å². The second-order valence-electron chi connectivity index (χ2n) is 18.2. The number of carbonyl (C=O) groups excluding carboxylic acids is 3. The number of nitrogens with zero attached hydrogens (tertiary/aromatic N) is 1. The first-order valence-electron chi connectivity index (χ1n) is 25.6. The molecule has 0 spiro atoms. The molecule has 9 nitrogen and oxygen atoms in total. The van der Waals surface area contributed by atoms with Crippen molar-refractivity contribution in [3.8, 4) is 0 Å². The molecule has 0 fully saturated rings. The summed E-state index contributed by atoms with van der Waals surface area (Å²) in [6, 6.07) is 21.8. The van der Waals surface area contributed by atoms with Crippen LogP contribution >= 0.6 is 31.9 Å². The number of hydrogen-bond donors (Lipinski definition) is 1. The van der Waals surface area contributed by atoms with Crippen molar-refractivity contribution >= 4 is 55.7 Å². The van der Waals surface area contributed by atoms with E-state index in [1.54, 1.807) is 24.3 Å². The average molecular weight is 1430 g/mol. The molecule has 1 atom stereocenters. The molecular formula is C57H87Br2NO8V7. The molecule has 0 aliphatic heterocycles. The van der Waals surface area contributed by atoms with E-state index in [1.807, 2.05) is 88.3 Å². The number of benzene rings is 3. The Kier molecular flexibility index (Phi) is 74.1. The van der Waals surface area contributed by atoms with Crippen molar-refractivity contribution in [1.82, 2.24) is 4.90 Å². The van der Waals surface area contributed by atoms with Crippen molar-refractivity contribution in [3.05, 3.63) is 106 Å². The van der Waals surface area contributed by atoms with Crippen LogP contribution in [0.5, 0.6) is 0 Å². The van der Waals surface area contributed by atoms with E-state index in [0.29, 0.717) is 36.5 Å². The minimum Gasteiger partial charge on any atom is -0.478 e. The van der Waals surface area contributed by atoms with Gasteiger partial charge in [-0.25, -0.2) is 14.4 Å². The molecule has 0 aromatic heterocycles. The molecule has 417 valence electrons. The van der Waals surface area contributed by atoms with Crippen LogP contribution in [0, 0.1) is 20.8 Å². The van der Waals surface area contributed by atoms with Crippen molar-refractivity contribution in [3.63, 3.8) is 0 Å². The van der Waals surface area contributed by atoms with Crippen LogP contribution in [0.15, 0.2) is 72.8 Å². The first-order valence-corrected chi connectivity index (χ1v) is 27.7. The molecule has 3 aromatic carbocycles. The summed E-state index contributed by atoms with van der Waals surface area (Å²) in [6.45, 7) is 8.22. The number of aryl methyl sites for hydroxylation is 3. The maximum Gasteiger partial charge on any atom is 0.338 e. The molecule has 7 radical (unpaired) electrons. The third kappa shape index (κ3) is 53.6. The van der Waals surface area contributed by atoms with E-state index >= 15 is 0 Å². The molecule has 3 rings (SSSR count). The summed E-state index contributed by atoms with van der Waals surface area (Å²) in [4.78, 5) is 47.8. The molecule has 0 aliphatic rings.